The Bertz CT molecular complexity index is 941. The quantitative estimate of drug-likeness (QED) is 0.680. The lowest BCUT2D eigenvalue weighted by Gasteiger charge is -2.12. The summed E-state index contributed by atoms with van der Waals surface area (Å²) in [6.07, 6.45) is 4.93. The van der Waals surface area contributed by atoms with Gasteiger partial charge in [-0.05, 0) is 47.7 Å². The maximum atomic E-state index is 11.7. The summed E-state index contributed by atoms with van der Waals surface area (Å²) in [6.45, 7) is 2.33. The highest BCUT2D eigenvalue weighted by molar-refractivity contribution is 6.11. The van der Waals surface area contributed by atoms with E-state index in [-0.39, 0.29) is 6.03 Å². The zero-order valence-corrected chi connectivity index (χ0v) is 13.6. The third kappa shape index (κ3) is 3.40. The summed E-state index contributed by atoms with van der Waals surface area (Å²) in [6, 6.07) is 8.64. The zero-order valence-electron chi connectivity index (χ0n) is 13.6. The number of nitrogens with zero attached hydrogens (tertiary/aromatic N) is 2. The molecule has 0 aliphatic rings. The molecule has 0 fully saturated rings. The first-order chi connectivity index (χ1) is 12.1. The highest BCUT2D eigenvalue weighted by atomic mass is 16.2. The molecule has 0 atom stereocenters. The van der Waals surface area contributed by atoms with Gasteiger partial charge in [-0.2, -0.15) is 0 Å². The molecule has 3 amide bonds. The molecule has 1 aromatic carbocycles. The number of hydrogen-bond donors (Lipinski definition) is 3. The molecule has 0 aliphatic heterocycles. The smallest absolute Gasteiger partial charge is 0.320 e. The molecule has 0 unspecified atom stereocenters. The number of benzene rings is 1. The van der Waals surface area contributed by atoms with Gasteiger partial charge in [0, 0.05) is 36.1 Å². The lowest BCUT2D eigenvalue weighted by atomic mass is 9.96. The molecule has 2 heterocycles. The minimum Gasteiger partial charge on any atom is -0.366 e. The maximum Gasteiger partial charge on any atom is 0.320 e. The number of fused-ring (bicyclic) bond motifs is 1. The number of pyridine rings is 2. The number of amides is 3. The highest BCUT2D eigenvalue weighted by Crippen LogP contribution is 2.31. The van der Waals surface area contributed by atoms with Crippen molar-refractivity contribution in [3.05, 3.63) is 54.5 Å². The van der Waals surface area contributed by atoms with E-state index in [9.17, 15) is 9.59 Å². The van der Waals surface area contributed by atoms with Crippen LogP contribution in [0.15, 0.2) is 48.9 Å². The van der Waals surface area contributed by atoms with E-state index < -0.39 is 5.91 Å². The number of carbonyl (C=O) groups excluding carboxylic acids is 2. The predicted octanol–water partition coefficient (Wildman–Crippen LogP) is 2.54. The molecule has 126 valence electrons. The normalized spacial score (nSPS) is 10.4. The Kier molecular flexibility index (Phi) is 4.56. The van der Waals surface area contributed by atoms with Crippen molar-refractivity contribution in [2.75, 3.05) is 11.9 Å². The summed E-state index contributed by atoms with van der Waals surface area (Å²) < 4.78 is 0. The summed E-state index contributed by atoms with van der Waals surface area (Å²) in [7, 11) is 0. The number of nitrogens with one attached hydrogen (secondary N) is 2. The van der Waals surface area contributed by atoms with Gasteiger partial charge in [0.2, 0.25) is 5.91 Å². The van der Waals surface area contributed by atoms with Crippen LogP contribution in [0.2, 0.25) is 0 Å². The van der Waals surface area contributed by atoms with Gasteiger partial charge in [-0.15, -0.1) is 0 Å². The van der Waals surface area contributed by atoms with Crippen molar-refractivity contribution in [3.8, 4) is 11.1 Å². The topological polar surface area (TPSA) is 110 Å². The lowest BCUT2D eigenvalue weighted by molar-refractivity contribution is 0.100. The first-order valence-electron chi connectivity index (χ1n) is 7.78. The Balaban J connectivity index is 2.17. The van der Waals surface area contributed by atoms with Gasteiger partial charge in [-0.25, -0.2) is 9.78 Å². The molecule has 0 saturated carbocycles. The monoisotopic (exact) mass is 335 g/mol. The first kappa shape index (κ1) is 16.4. The van der Waals surface area contributed by atoms with Crippen molar-refractivity contribution in [1.29, 1.82) is 0 Å². The summed E-state index contributed by atoms with van der Waals surface area (Å²) in [5.74, 6) is -0.145. The molecule has 0 saturated heterocycles. The van der Waals surface area contributed by atoms with E-state index in [4.69, 9.17) is 5.73 Å². The zero-order chi connectivity index (χ0) is 17.8. The van der Waals surface area contributed by atoms with Crippen LogP contribution >= 0.6 is 0 Å². The SMILES string of the molecule is CCNC(=O)Nc1cc2c(-c3ccncc3)ccc(C(N)=O)c2cn1. The van der Waals surface area contributed by atoms with Gasteiger partial charge < -0.3 is 11.1 Å². The van der Waals surface area contributed by atoms with Crippen LogP contribution in [0.1, 0.15) is 17.3 Å². The van der Waals surface area contributed by atoms with Gasteiger partial charge in [-0.1, -0.05) is 6.07 Å². The molecule has 2 aromatic heterocycles. The molecule has 0 aliphatic carbocycles. The molecule has 4 N–H and O–H groups in total. The van der Waals surface area contributed by atoms with Gasteiger partial charge >= 0.3 is 6.03 Å². The second kappa shape index (κ2) is 6.96. The molecule has 0 bridgehead atoms. The third-order valence-corrected chi connectivity index (χ3v) is 3.74. The van der Waals surface area contributed by atoms with E-state index in [1.807, 2.05) is 25.1 Å². The standard InChI is InChI=1S/C18H17N5O2/c1-2-21-18(25)23-16-9-14-12(11-5-7-20-8-6-11)3-4-13(17(19)24)15(14)10-22-16/h3-10H,2H2,1H3,(H2,19,24)(H2,21,22,23,25). The first-order valence-corrected chi connectivity index (χ1v) is 7.78. The largest absolute Gasteiger partial charge is 0.366 e. The Labute approximate surface area is 144 Å². The van der Waals surface area contributed by atoms with Crippen LogP contribution in [0.3, 0.4) is 0 Å². The number of rotatable bonds is 4. The third-order valence-electron chi connectivity index (χ3n) is 3.74. The highest BCUT2D eigenvalue weighted by Gasteiger charge is 2.13. The van der Waals surface area contributed by atoms with Gasteiger partial charge in [0.25, 0.3) is 0 Å². The van der Waals surface area contributed by atoms with E-state index in [0.29, 0.717) is 23.3 Å². The number of hydrogen-bond acceptors (Lipinski definition) is 4. The van der Waals surface area contributed by atoms with E-state index in [2.05, 4.69) is 20.6 Å². The second-order valence-corrected chi connectivity index (χ2v) is 5.36. The molecule has 3 rings (SSSR count). The maximum absolute atomic E-state index is 11.7. The molecular weight excluding hydrogens is 318 g/mol. The summed E-state index contributed by atoms with van der Waals surface area (Å²) in [5.41, 5.74) is 7.68. The van der Waals surface area contributed by atoms with E-state index in [1.165, 1.54) is 0 Å². The van der Waals surface area contributed by atoms with E-state index in [1.54, 1.807) is 30.7 Å². The van der Waals surface area contributed by atoms with Crippen LogP contribution in [0.4, 0.5) is 10.6 Å². The average molecular weight is 335 g/mol. The molecule has 7 heteroatoms. The fourth-order valence-corrected chi connectivity index (χ4v) is 2.63. The minimum absolute atomic E-state index is 0.342. The number of primary amides is 1. The van der Waals surface area contributed by atoms with Gasteiger partial charge in [0.15, 0.2) is 0 Å². The predicted molar refractivity (Wildman–Crippen MR) is 96.2 cm³/mol. The fourth-order valence-electron chi connectivity index (χ4n) is 2.63. The number of aromatic nitrogens is 2. The lowest BCUT2D eigenvalue weighted by Crippen LogP contribution is -2.28. The van der Waals surface area contributed by atoms with Crippen LogP contribution in [0.5, 0.6) is 0 Å². The van der Waals surface area contributed by atoms with Crippen molar-refractivity contribution >= 4 is 28.5 Å². The Hall–Kier alpha value is -3.48. The van der Waals surface area contributed by atoms with Crippen molar-refractivity contribution in [3.63, 3.8) is 0 Å². The number of carbonyl (C=O) groups is 2. The van der Waals surface area contributed by atoms with Crippen LogP contribution in [0.25, 0.3) is 21.9 Å². The molecule has 0 radical (unpaired) electrons. The van der Waals surface area contributed by atoms with Crippen LogP contribution < -0.4 is 16.4 Å². The summed E-state index contributed by atoms with van der Waals surface area (Å²) in [4.78, 5) is 31.7. The summed E-state index contributed by atoms with van der Waals surface area (Å²) >= 11 is 0. The second-order valence-electron chi connectivity index (χ2n) is 5.36. The van der Waals surface area contributed by atoms with Crippen molar-refractivity contribution in [2.24, 2.45) is 5.73 Å². The molecule has 3 aromatic rings. The van der Waals surface area contributed by atoms with Gasteiger partial charge in [-0.3, -0.25) is 15.1 Å². The summed E-state index contributed by atoms with van der Waals surface area (Å²) in [5, 5.41) is 6.71. The van der Waals surface area contributed by atoms with Gasteiger partial charge in [0.1, 0.15) is 5.82 Å². The fraction of sp³-hybridized carbons (Fsp3) is 0.111. The van der Waals surface area contributed by atoms with Crippen molar-refractivity contribution in [1.82, 2.24) is 15.3 Å². The van der Waals surface area contributed by atoms with Crippen LogP contribution in [-0.2, 0) is 0 Å². The Morgan fingerprint density at radius 1 is 1.12 bits per heavy atom. The Morgan fingerprint density at radius 3 is 2.56 bits per heavy atom. The van der Waals surface area contributed by atoms with Crippen molar-refractivity contribution < 1.29 is 9.59 Å². The van der Waals surface area contributed by atoms with Crippen molar-refractivity contribution in [2.45, 2.75) is 6.92 Å². The minimum atomic E-state index is -0.530. The average Bonchev–Trinajstić information content (AvgIpc) is 2.61. The Morgan fingerprint density at radius 2 is 1.88 bits per heavy atom. The molecule has 0 spiro atoms. The van der Waals surface area contributed by atoms with Crippen LogP contribution in [-0.4, -0.2) is 28.5 Å². The molecular formula is C18H17N5O2. The number of urea groups is 1. The number of nitrogens with two attached hydrogens (primary N) is 1. The number of anilines is 1. The van der Waals surface area contributed by atoms with Crippen LogP contribution in [0, 0.1) is 0 Å². The van der Waals surface area contributed by atoms with E-state index >= 15 is 0 Å². The molecule has 7 nitrogen and oxygen atoms in total. The molecule has 25 heavy (non-hydrogen) atoms. The van der Waals surface area contributed by atoms with E-state index in [0.717, 1.165) is 16.5 Å². The van der Waals surface area contributed by atoms with Gasteiger partial charge in [0.05, 0.1) is 0 Å².